The van der Waals surface area contributed by atoms with Crippen LogP contribution in [0, 0.1) is 0 Å². The highest BCUT2D eigenvalue weighted by atomic mass is 16.5. The topological polar surface area (TPSA) is 102 Å². The number of anilines is 1. The largest absolute Gasteiger partial charge is 0.485 e. The van der Waals surface area contributed by atoms with E-state index in [2.05, 4.69) is 11.9 Å². The van der Waals surface area contributed by atoms with Gasteiger partial charge in [0, 0.05) is 19.2 Å². The van der Waals surface area contributed by atoms with Crippen LogP contribution >= 0.6 is 0 Å². The van der Waals surface area contributed by atoms with Crippen molar-refractivity contribution in [2.45, 2.75) is 26.8 Å². The van der Waals surface area contributed by atoms with Crippen molar-refractivity contribution in [3.05, 3.63) is 71.4 Å². The van der Waals surface area contributed by atoms with Crippen LogP contribution in [0.15, 0.2) is 53.1 Å². The minimum Gasteiger partial charge on any atom is -0.485 e. The Kier molecular flexibility index (Phi) is 7.14. The van der Waals surface area contributed by atoms with Gasteiger partial charge in [-0.25, -0.2) is 4.98 Å². The van der Waals surface area contributed by atoms with Gasteiger partial charge in [0.15, 0.2) is 24.7 Å². The molecule has 9 nitrogen and oxygen atoms in total. The van der Waals surface area contributed by atoms with Gasteiger partial charge >= 0.3 is 0 Å². The van der Waals surface area contributed by atoms with Gasteiger partial charge in [-0.2, -0.15) is 0 Å². The maximum Gasteiger partial charge on any atom is 0.275 e. The van der Waals surface area contributed by atoms with Crippen molar-refractivity contribution >= 4 is 23.3 Å². The molecule has 2 aromatic carbocycles. The number of benzene rings is 2. The SMILES string of the molecule is CCc1ccc(OCC(=O)c2ccc3c(c2)N(Cc2nc(C(=O)N(C)CC)co2)C(=O)CO3)cc1. The van der Waals surface area contributed by atoms with Gasteiger partial charge in [-0.05, 0) is 49.2 Å². The summed E-state index contributed by atoms with van der Waals surface area (Å²) in [5.74, 6) is 0.452. The second-order valence-electron chi connectivity index (χ2n) is 8.11. The number of oxazole rings is 1. The number of Topliss-reactive ketones (excluding diaryl/α,β-unsaturated/α-hetero) is 1. The Balaban J connectivity index is 1.49. The zero-order valence-corrected chi connectivity index (χ0v) is 19.9. The summed E-state index contributed by atoms with van der Waals surface area (Å²) in [6.45, 7) is 4.15. The molecule has 0 atom stereocenters. The summed E-state index contributed by atoms with van der Waals surface area (Å²) in [6, 6.07) is 12.5. The third-order valence-electron chi connectivity index (χ3n) is 5.81. The fourth-order valence-electron chi connectivity index (χ4n) is 3.56. The van der Waals surface area contributed by atoms with Gasteiger partial charge in [-0.3, -0.25) is 19.3 Å². The first kappa shape index (κ1) is 24.0. The van der Waals surface area contributed by atoms with Crippen LogP contribution in [-0.4, -0.2) is 54.3 Å². The fourth-order valence-corrected chi connectivity index (χ4v) is 3.56. The molecule has 0 radical (unpaired) electrons. The normalized spacial score (nSPS) is 12.7. The van der Waals surface area contributed by atoms with E-state index < -0.39 is 0 Å². The number of fused-ring (bicyclic) bond motifs is 1. The Morgan fingerprint density at radius 3 is 2.63 bits per heavy atom. The summed E-state index contributed by atoms with van der Waals surface area (Å²) >= 11 is 0. The molecular weight excluding hydrogens is 450 g/mol. The predicted molar refractivity (Wildman–Crippen MR) is 128 cm³/mol. The van der Waals surface area contributed by atoms with Crippen molar-refractivity contribution in [2.75, 3.05) is 31.7 Å². The lowest BCUT2D eigenvalue weighted by atomic mass is 10.1. The lowest BCUT2D eigenvalue weighted by Crippen LogP contribution is -2.38. The molecule has 0 N–H and O–H groups in total. The molecule has 0 fully saturated rings. The van der Waals surface area contributed by atoms with Crippen molar-refractivity contribution in [1.29, 1.82) is 0 Å². The maximum absolute atomic E-state index is 12.8. The van der Waals surface area contributed by atoms with Crippen LogP contribution < -0.4 is 14.4 Å². The van der Waals surface area contributed by atoms with Gasteiger partial charge in [-0.1, -0.05) is 19.1 Å². The summed E-state index contributed by atoms with van der Waals surface area (Å²) in [6.07, 6.45) is 2.20. The lowest BCUT2D eigenvalue weighted by Gasteiger charge is -2.28. The van der Waals surface area contributed by atoms with Crippen LogP contribution in [0.2, 0.25) is 0 Å². The number of amides is 2. The summed E-state index contributed by atoms with van der Waals surface area (Å²) < 4.78 is 16.6. The lowest BCUT2D eigenvalue weighted by molar-refractivity contribution is -0.121. The molecule has 9 heteroatoms. The Morgan fingerprint density at radius 1 is 1.14 bits per heavy atom. The second-order valence-corrected chi connectivity index (χ2v) is 8.11. The van der Waals surface area contributed by atoms with E-state index in [4.69, 9.17) is 13.9 Å². The zero-order chi connectivity index (χ0) is 24.9. The van der Waals surface area contributed by atoms with E-state index in [1.807, 2.05) is 31.2 Å². The Hall–Kier alpha value is -4.14. The van der Waals surface area contributed by atoms with Crippen LogP contribution in [-0.2, 0) is 17.8 Å². The number of rotatable bonds is 9. The smallest absolute Gasteiger partial charge is 0.275 e. The second kappa shape index (κ2) is 10.4. The monoisotopic (exact) mass is 477 g/mol. The molecule has 0 unspecified atom stereocenters. The highest BCUT2D eigenvalue weighted by Gasteiger charge is 2.28. The van der Waals surface area contributed by atoms with Crippen LogP contribution in [0.4, 0.5) is 5.69 Å². The zero-order valence-electron chi connectivity index (χ0n) is 19.9. The van der Waals surface area contributed by atoms with Crippen molar-refractivity contribution in [1.82, 2.24) is 9.88 Å². The highest BCUT2D eigenvalue weighted by molar-refractivity contribution is 6.02. The molecule has 0 spiro atoms. The number of aryl methyl sites for hydroxylation is 1. The first-order valence-corrected chi connectivity index (χ1v) is 11.4. The standard InChI is InChI=1S/C26H27N3O6/c1-4-17-6-9-19(10-7-17)33-15-22(30)18-8-11-23-21(12-18)29(25(31)16-34-23)13-24-27-20(14-35-24)26(32)28(3)5-2/h6-12,14H,4-5,13,15-16H2,1-3H3. The van der Waals surface area contributed by atoms with Crippen molar-refractivity contribution < 1.29 is 28.3 Å². The Labute approximate surface area is 203 Å². The van der Waals surface area contributed by atoms with E-state index >= 15 is 0 Å². The van der Waals surface area contributed by atoms with Crippen molar-refractivity contribution in [3.8, 4) is 11.5 Å². The molecule has 0 saturated heterocycles. The first-order valence-electron chi connectivity index (χ1n) is 11.4. The molecular formula is C26H27N3O6. The van der Waals surface area contributed by atoms with Crippen molar-refractivity contribution in [2.24, 2.45) is 0 Å². The molecule has 0 aliphatic carbocycles. The average Bonchev–Trinajstić information content (AvgIpc) is 3.36. The molecule has 4 rings (SSSR count). The molecule has 0 bridgehead atoms. The first-order chi connectivity index (χ1) is 16.9. The van der Waals surface area contributed by atoms with E-state index in [-0.39, 0.29) is 48.9 Å². The fraction of sp³-hybridized carbons (Fsp3) is 0.308. The molecule has 2 amide bonds. The van der Waals surface area contributed by atoms with Crippen LogP contribution in [0.1, 0.15) is 46.1 Å². The Bertz CT molecular complexity index is 1230. The number of aromatic nitrogens is 1. The van der Waals surface area contributed by atoms with Gasteiger partial charge < -0.3 is 18.8 Å². The highest BCUT2D eigenvalue weighted by Crippen LogP contribution is 2.34. The van der Waals surface area contributed by atoms with Crippen LogP contribution in [0.5, 0.6) is 11.5 Å². The third kappa shape index (κ3) is 5.34. The number of carbonyl (C=O) groups is 3. The number of carbonyl (C=O) groups excluding carboxylic acids is 3. The molecule has 35 heavy (non-hydrogen) atoms. The number of ketones is 1. The molecule has 3 aromatic rings. The van der Waals surface area contributed by atoms with E-state index in [1.165, 1.54) is 21.6 Å². The average molecular weight is 478 g/mol. The van der Waals surface area contributed by atoms with Gasteiger partial charge in [0.25, 0.3) is 11.8 Å². The molecule has 1 aliphatic heterocycles. The molecule has 2 heterocycles. The van der Waals surface area contributed by atoms with E-state index in [0.29, 0.717) is 29.3 Å². The minimum absolute atomic E-state index is 0.00374. The number of nitrogens with zero attached hydrogens (tertiary/aromatic N) is 3. The van der Waals surface area contributed by atoms with Gasteiger partial charge in [0.1, 0.15) is 24.3 Å². The molecule has 0 saturated carbocycles. The number of ether oxygens (including phenoxy) is 2. The molecule has 1 aromatic heterocycles. The Morgan fingerprint density at radius 2 is 1.91 bits per heavy atom. The van der Waals surface area contributed by atoms with E-state index in [9.17, 15) is 14.4 Å². The number of hydrogen-bond acceptors (Lipinski definition) is 7. The van der Waals surface area contributed by atoms with E-state index in [1.54, 1.807) is 25.2 Å². The van der Waals surface area contributed by atoms with Gasteiger partial charge in [-0.15, -0.1) is 0 Å². The third-order valence-corrected chi connectivity index (χ3v) is 5.81. The quantitative estimate of drug-likeness (QED) is 0.435. The molecule has 1 aliphatic rings. The summed E-state index contributed by atoms with van der Waals surface area (Å²) in [5.41, 5.74) is 2.16. The van der Waals surface area contributed by atoms with Crippen LogP contribution in [0.3, 0.4) is 0 Å². The summed E-state index contributed by atoms with van der Waals surface area (Å²) in [5, 5.41) is 0. The van der Waals surface area contributed by atoms with E-state index in [0.717, 1.165) is 6.42 Å². The van der Waals surface area contributed by atoms with Gasteiger partial charge in [0.05, 0.1) is 5.69 Å². The molecule has 182 valence electrons. The summed E-state index contributed by atoms with van der Waals surface area (Å²) in [7, 11) is 1.67. The predicted octanol–water partition coefficient (Wildman–Crippen LogP) is 3.52. The minimum atomic E-state index is -0.314. The van der Waals surface area contributed by atoms with Crippen LogP contribution in [0.25, 0.3) is 0 Å². The maximum atomic E-state index is 12.8. The number of hydrogen-bond donors (Lipinski definition) is 0. The summed E-state index contributed by atoms with van der Waals surface area (Å²) in [4.78, 5) is 44.9. The van der Waals surface area contributed by atoms with Crippen molar-refractivity contribution in [3.63, 3.8) is 0 Å². The van der Waals surface area contributed by atoms with Gasteiger partial charge in [0.2, 0.25) is 5.89 Å².